The van der Waals surface area contributed by atoms with Gasteiger partial charge in [-0.25, -0.2) is 4.39 Å². The molecule has 5 nitrogen and oxygen atoms in total. The number of carbonyl (C=O) groups excluding carboxylic acids is 2. The van der Waals surface area contributed by atoms with E-state index in [0.717, 1.165) is 51.4 Å². The van der Waals surface area contributed by atoms with E-state index in [-0.39, 0.29) is 29.5 Å². The lowest BCUT2D eigenvalue weighted by Crippen LogP contribution is -2.51. The molecule has 2 aromatic carbocycles. The SMILES string of the molecule is CCN1CCCCCCN(C(=O)c2ccccc2F)[C@@H]2CCCC[C@@H]2Oc2ccccc2C1=O. The number of nitrogens with zero attached hydrogens (tertiary/aromatic N) is 2. The second-order valence-electron chi connectivity index (χ2n) is 9.28. The van der Waals surface area contributed by atoms with Crippen LogP contribution >= 0.6 is 0 Å². The molecule has 2 aliphatic rings. The average Bonchev–Trinajstić information content (AvgIpc) is 2.86. The van der Waals surface area contributed by atoms with E-state index >= 15 is 0 Å². The van der Waals surface area contributed by atoms with Gasteiger partial charge >= 0.3 is 0 Å². The molecule has 0 N–H and O–H groups in total. The molecule has 1 aliphatic carbocycles. The monoisotopic (exact) mass is 466 g/mol. The van der Waals surface area contributed by atoms with Crippen LogP contribution in [0.1, 0.15) is 79.0 Å². The van der Waals surface area contributed by atoms with Crippen LogP contribution in [0.3, 0.4) is 0 Å². The molecule has 1 heterocycles. The lowest BCUT2D eigenvalue weighted by atomic mass is 9.90. The van der Waals surface area contributed by atoms with Gasteiger partial charge in [0.2, 0.25) is 0 Å². The van der Waals surface area contributed by atoms with Gasteiger partial charge in [0, 0.05) is 19.6 Å². The van der Waals surface area contributed by atoms with Crippen molar-refractivity contribution in [3.05, 3.63) is 65.5 Å². The highest BCUT2D eigenvalue weighted by molar-refractivity contribution is 5.97. The standard InChI is InChI=1S/C28H35FN2O3/c1-2-30-19-11-3-4-12-20-31(28(33)21-13-5-7-15-23(21)29)24-16-8-10-18-26(24)34-25-17-9-6-14-22(25)27(30)32/h5-7,9,13-15,17,24,26H,2-4,8,10-12,16,18-20H2,1H3/t24-,26+/m1/s1. The van der Waals surface area contributed by atoms with Crippen LogP contribution in [0.25, 0.3) is 0 Å². The topological polar surface area (TPSA) is 49.9 Å². The Balaban J connectivity index is 1.69. The highest BCUT2D eigenvalue weighted by atomic mass is 19.1. The molecule has 0 radical (unpaired) electrons. The Labute approximate surface area is 201 Å². The zero-order chi connectivity index (χ0) is 23.9. The smallest absolute Gasteiger partial charge is 0.257 e. The first kappa shape index (κ1) is 24.2. The van der Waals surface area contributed by atoms with Gasteiger partial charge in [0.15, 0.2) is 0 Å². The highest BCUT2D eigenvalue weighted by Crippen LogP contribution is 2.31. The first-order valence-corrected chi connectivity index (χ1v) is 12.7. The Kier molecular flexibility index (Phi) is 8.20. The zero-order valence-corrected chi connectivity index (χ0v) is 20.0. The van der Waals surface area contributed by atoms with E-state index in [1.54, 1.807) is 18.2 Å². The molecule has 4 rings (SSSR count). The number of benzene rings is 2. The van der Waals surface area contributed by atoms with Gasteiger partial charge in [-0.3, -0.25) is 9.59 Å². The van der Waals surface area contributed by atoms with E-state index < -0.39 is 5.82 Å². The third-order valence-corrected chi connectivity index (χ3v) is 7.07. The molecule has 1 aliphatic heterocycles. The van der Waals surface area contributed by atoms with Crippen molar-refractivity contribution in [3.8, 4) is 5.75 Å². The van der Waals surface area contributed by atoms with Crippen LogP contribution < -0.4 is 4.74 Å². The molecule has 2 atom stereocenters. The van der Waals surface area contributed by atoms with Crippen molar-refractivity contribution in [2.75, 3.05) is 19.6 Å². The molecule has 0 aromatic heterocycles. The summed E-state index contributed by atoms with van der Waals surface area (Å²) in [4.78, 5) is 30.6. The molecule has 0 unspecified atom stereocenters. The number of fused-ring (bicyclic) bond motifs is 2. The van der Waals surface area contributed by atoms with Crippen LogP contribution in [0.5, 0.6) is 5.75 Å². The van der Waals surface area contributed by atoms with Gasteiger partial charge in [-0.15, -0.1) is 0 Å². The zero-order valence-electron chi connectivity index (χ0n) is 20.0. The molecule has 2 amide bonds. The van der Waals surface area contributed by atoms with Crippen molar-refractivity contribution >= 4 is 11.8 Å². The lowest BCUT2D eigenvalue weighted by Gasteiger charge is -2.40. The van der Waals surface area contributed by atoms with Crippen LogP contribution in [0.2, 0.25) is 0 Å². The molecule has 0 saturated heterocycles. The van der Waals surface area contributed by atoms with E-state index in [4.69, 9.17) is 4.74 Å². The summed E-state index contributed by atoms with van der Waals surface area (Å²) in [5.41, 5.74) is 0.680. The Hall–Kier alpha value is -2.89. The minimum Gasteiger partial charge on any atom is -0.487 e. The van der Waals surface area contributed by atoms with Crippen LogP contribution in [0.4, 0.5) is 4.39 Å². The van der Waals surface area contributed by atoms with Crippen LogP contribution in [-0.2, 0) is 0 Å². The Morgan fingerprint density at radius 3 is 2.44 bits per heavy atom. The minimum atomic E-state index is -0.490. The molecule has 0 spiro atoms. The van der Waals surface area contributed by atoms with Crippen LogP contribution in [0, 0.1) is 5.82 Å². The van der Waals surface area contributed by atoms with E-state index in [2.05, 4.69) is 0 Å². The summed E-state index contributed by atoms with van der Waals surface area (Å²) in [7, 11) is 0. The number of amides is 2. The highest BCUT2D eigenvalue weighted by Gasteiger charge is 2.36. The van der Waals surface area contributed by atoms with E-state index in [9.17, 15) is 14.0 Å². The summed E-state index contributed by atoms with van der Waals surface area (Å²) in [6, 6.07) is 13.5. The maximum Gasteiger partial charge on any atom is 0.257 e. The van der Waals surface area contributed by atoms with E-state index in [0.29, 0.717) is 30.9 Å². The molecule has 1 fully saturated rings. The summed E-state index contributed by atoms with van der Waals surface area (Å²) >= 11 is 0. The average molecular weight is 467 g/mol. The lowest BCUT2D eigenvalue weighted by molar-refractivity contribution is 0.0264. The van der Waals surface area contributed by atoms with Crippen LogP contribution in [-0.4, -0.2) is 53.4 Å². The van der Waals surface area contributed by atoms with Crippen molar-refractivity contribution in [2.24, 2.45) is 0 Å². The number of halogens is 1. The maximum atomic E-state index is 14.6. The Morgan fingerprint density at radius 1 is 0.941 bits per heavy atom. The quantitative estimate of drug-likeness (QED) is 0.571. The predicted octanol–water partition coefficient (Wildman–Crippen LogP) is 5.69. The van der Waals surface area contributed by atoms with Crippen molar-refractivity contribution < 1.29 is 18.7 Å². The molecular weight excluding hydrogens is 431 g/mol. The Bertz CT molecular complexity index is 995. The number of hydrogen-bond acceptors (Lipinski definition) is 3. The van der Waals surface area contributed by atoms with Crippen molar-refractivity contribution in [1.29, 1.82) is 0 Å². The summed E-state index contributed by atoms with van der Waals surface area (Å²) in [6.45, 7) is 3.95. The number of rotatable bonds is 2. The van der Waals surface area contributed by atoms with Gasteiger partial charge in [-0.1, -0.05) is 43.5 Å². The summed E-state index contributed by atoms with van der Waals surface area (Å²) in [5, 5.41) is 0. The summed E-state index contributed by atoms with van der Waals surface area (Å²) < 4.78 is 21.1. The molecule has 34 heavy (non-hydrogen) atoms. The van der Waals surface area contributed by atoms with Gasteiger partial charge in [0.25, 0.3) is 11.8 Å². The maximum absolute atomic E-state index is 14.6. The van der Waals surface area contributed by atoms with Crippen molar-refractivity contribution in [3.63, 3.8) is 0 Å². The molecule has 2 aromatic rings. The fourth-order valence-corrected chi connectivity index (χ4v) is 5.20. The Morgan fingerprint density at radius 2 is 1.65 bits per heavy atom. The second kappa shape index (κ2) is 11.5. The molecule has 1 saturated carbocycles. The largest absolute Gasteiger partial charge is 0.487 e. The van der Waals surface area contributed by atoms with Gasteiger partial charge in [0.1, 0.15) is 17.7 Å². The summed E-state index contributed by atoms with van der Waals surface area (Å²) in [5.74, 6) is -0.206. The fraction of sp³-hybridized carbons (Fsp3) is 0.500. The molecular formula is C28H35FN2O3. The molecule has 0 bridgehead atoms. The normalized spacial score (nSPS) is 22.2. The van der Waals surface area contributed by atoms with Gasteiger partial charge in [-0.05, 0) is 63.3 Å². The van der Waals surface area contributed by atoms with E-state index in [1.165, 1.54) is 6.07 Å². The third kappa shape index (κ3) is 5.43. The molecule has 6 heteroatoms. The second-order valence-corrected chi connectivity index (χ2v) is 9.28. The predicted molar refractivity (Wildman–Crippen MR) is 131 cm³/mol. The van der Waals surface area contributed by atoms with Gasteiger partial charge < -0.3 is 14.5 Å². The minimum absolute atomic E-state index is 0.0122. The van der Waals surface area contributed by atoms with Gasteiger partial charge in [-0.2, -0.15) is 0 Å². The third-order valence-electron chi connectivity index (χ3n) is 7.07. The van der Waals surface area contributed by atoms with Crippen LogP contribution in [0.15, 0.2) is 48.5 Å². The summed E-state index contributed by atoms with van der Waals surface area (Å²) in [6.07, 6.45) is 7.07. The van der Waals surface area contributed by atoms with E-state index in [1.807, 2.05) is 41.0 Å². The number of ether oxygens (including phenoxy) is 1. The number of para-hydroxylation sites is 1. The van der Waals surface area contributed by atoms with Crippen molar-refractivity contribution in [2.45, 2.75) is 70.4 Å². The van der Waals surface area contributed by atoms with Crippen molar-refractivity contribution in [1.82, 2.24) is 9.80 Å². The number of carbonyl (C=O) groups is 2. The first-order valence-electron chi connectivity index (χ1n) is 12.7. The van der Waals surface area contributed by atoms with Gasteiger partial charge in [0.05, 0.1) is 17.2 Å². The molecule has 182 valence electrons. The number of hydrogen-bond donors (Lipinski definition) is 0. The first-order chi connectivity index (χ1) is 16.6. The fourth-order valence-electron chi connectivity index (χ4n) is 5.20.